The highest BCUT2D eigenvalue weighted by Crippen LogP contribution is 2.21. The van der Waals surface area contributed by atoms with Crippen LogP contribution in [-0.4, -0.2) is 16.6 Å². The molecule has 0 unspecified atom stereocenters. The average molecular weight is 313 g/mol. The predicted octanol–water partition coefficient (Wildman–Crippen LogP) is 5.43. The van der Waals surface area contributed by atoms with Crippen molar-refractivity contribution in [1.29, 1.82) is 0 Å². The third kappa shape index (κ3) is 6.64. The Morgan fingerprint density at radius 3 is 2.26 bits per heavy atom. The SMILES string of the molecule is CCC.Cc1cccc(-c2ccnc(C(=O)OC(C)(C)C)c2)c1. The molecule has 0 N–H and O–H groups in total. The predicted molar refractivity (Wildman–Crippen MR) is 95.5 cm³/mol. The van der Waals surface area contributed by atoms with Gasteiger partial charge in [0.25, 0.3) is 0 Å². The van der Waals surface area contributed by atoms with Crippen molar-refractivity contribution in [2.75, 3.05) is 0 Å². The first-order valence-electron chi connectivity index (χ1n) is 8.03. The Bertz CT molecular complexity index is 642. The largest absolute Gasteiger partial charge is 0.455 e. The number of pyridine rings is 1. The number of esters is 1. The molecule has 0 fully saturated rings. The molecular formula is C20H27NO2. The van der Waals surface area contributed by atoms with Gasteiger partial charge in [-0.15, -0.1) is 0 Å². The summed E-state index contributed by atoms with van der Waals surface area (Å²) in [5.74, 6) is -0.396. The highest BCUT2D eigenvalue weighted by molar-refractivity contribution is 5.89. The Morgan fingerprint density at radius 1 is 1.09 bits per heavy atom. The van der Waals surface area contributed by atoms with Gasteiger partial charge in [-0.25, -0.2) is 9.78 Å². The fourth-order valence-corrected chi connectivity index (χ4v) is 1.88. The molecule has 0 saturated carbocycles. The molecule has 3 nitrogen and oxygen atoms in total. The van der Waals surface area contributed by atoms with E-state index in [1.807, 2.05) is 52.0 Å². The Balaban J connectivity index is 0.000000816. The third-order valence-corrected chi connectivity index (χ3v) is 2.72. The number of carbonyl (C=O) groups excluding carboxylic acids is 1. The zero-order chi connectivity index (χ0) is 17.5. The molecule has 0 aliphatic rings. The van der Waals surface area contributed by atoms with Crippen LogP contribution in [0.1, 0.15) is 57.1 Å². The second-order valence-electron chi connectivity index (χ2n) is 6.51. The van der Waals surface area contributed by atoms with Crippen LogP contribution < -0.4 is 0 Å². The minimum absolute atomic E-state index is 0.332. The quantitative estimate of drug-likeness (QED) is 0.694. The van der Waals surface area contributed by atoms with Crippen molar-refractivity contribution in [2.24, 2.45) is 0 Å². The number of aryl methyl sites for hydroxylation is 1. The smallest absolute Gasteiger partial charge is 0.357 e. The second kappa shape index (κ2) is 8.47. The summed E-state index contributed by atoms with van der Waals surface area (Å²) in [5, 5.41) is 0. The molecule has 1 heterocycles. The van der Waals surface area contributed by atoms with Crippen LogP contribution in [0.25, 0.3) is 11.1 Å². The normalized spacial score (nSPS) is 10.5. The maximum atomic E-state index is 12.0. The number of hydrogen-bond donors (Lipinski definition) is 0. The van der Waals surface area contributed by atoms with Gasteiger partial charge in [-0.3, -0.25) is 0 Å². The van der Waals surface area contributed by atoms with E-state index in [0.29, 0.717) is 5.69 Å². The first-order valence-corrected chi connectivity index (χ1v) is 8.03. The molecule has 0 aliphatic carbocycles. The summed E-state index contributed by atoms with van der Waals surface area (Å²) < 4.78 is 5.34. The van der Waals surface area contributed by atoms with E-state index >= 15 is 0 Å². The maximum absolute atomic E-state index is 12.0. The van der Waals surface area contributed by atoms with Gasteiger partial charge in [-0.1, -0.05) is 50.1 Å². The van der Waals surface area contributed by atoms with Gasteiger partial charge in [0.15, 0.2) is 0 Å². The molecule has 0 amide bonds. The Hall–Kier alpha value is -2.16. The van der Waals surface area contributed by atoms with Crippen LogP contribution in [0.3, 0.4) is 0 Å². The van der Waals surface area contributed by atoms with Crippen LogP contribution in [0.2, 0.25) is 0 Å². The van der Waals surface area contributed by atoms with E-state index in [1.54, 1.807) is 12.3 Å². The van der Waals surface area contributed by atoms with E-state index < -0.39 is 11.6 Å². The minimum atomic E-state index is -0.516. The molecule has 1 aromatic carbocycles. The molecule has 2 rings (SSSR count). The topological polar surface area (TPSA) is 39.2 Å². The zero-order valence-corrected chi connectivity index (χ0v) is 15.0. The summed E-state index contributed by atoms with van der Waals surface area (Å²) in [6, 6.07) is 11.8. The Morgan fingerprint density at radius 2 is 1.70 bits per heavy atom. The van der Waals surface area contributed by atoms with E-state index in [1.165, 1.54) is 12.0 Å². The number of ether oxygens (including phenoxy) is 1. The summed E-state index contributed by atoms with van der Waals surface area (Å²) >= 11 is 0. The second-order valence-corrected chi connectivity index (χ2v) is 6.51. The van der Waals surface area contributed by atoms with Crippen molar-refractivity contribution in [3.63, 3.8) is 0 Å². The number of rotatable bonds is 2. The molecule has 0 bridgehead atoms. The van der Waals surface area contributed by atoms with E-state index in [2.05, 4.69) is 24.9 Å². The maximum Gasteiger partial charge on any atom is 0.357 e. The average Bonchev–Trinajstić information content (AvgIpc) is 2.46. The summed E-state index contributed by atoms with van der Waals surface area (Å²) in [6.07, 6.45) is 2.89. The van der Waals surface area contributed by atoms with Crippen molar-refractivity contribution < 1.29 is 9.53 Å². The van der Waals surface area contributed by atoms with Crippen LogP contribution in [0.4, 0.5) is 0 Å². The van der Waals surface area contributed by atoms with Crippen molar-refractivity contribution >= 4 is 5.97 Å². The Labute approximate surface area is 139 Å². The molecule has 124 valence electrons. The van der Waals surface area contributed by atoms with Gasteiger partial charge in [0, 0.05) is 6.20 Å². The lowest BCUT2D eigenvalue weighted by atomic mass is 10.0. The number of carbonyl (C=O) groups is 1. The van der Waals surface area contributed by atoms with Gasteiger partial charge >= 0.3 is 5.97 Å². The van der Waals surface area contributed by atoms with Crippen LogP contribution >= 0.6 is 0 Å². The standard InChI is InChI=1S/C17H19NO2.C3H8/c1-12-6-5-7-13(10-12)14-8-9-18-15(11-14)16(19)20-17(2,3)4;1-3-2/h5-11H,1-4H3;3H2,1-2H3. The van der Waals surface area contributed by atoms with Crippen molar-refractivity contribution in [3.05, 3.63) is 53.9 Å². The monoisotopic (exact) mass is 313 g/mol. The summed E-state index contributed by atoms with van der Waals surface area (Å²) in [4.78, 5) is 16.1. The van der Waals surface area contributed by atoms with Crippen LogP contribution in [0, 0.1) is 6.92 Å². The zero-order valence-electron chi connectivity index (χ0n) is 15.0. The van der Waals surface area contributed by atoms with E-state index in [-0.39, 0.29) is 0 Å². The highest BCUT2D eigenvalue weighted by atomic mass is 16.6. The van der Waals surface area contributed by atoms with Crippen molar-refractivity contribution in [1.82, 2.24) is 4.98 Å². The molecule has 0 spiro atoms. The molecule has 0 atom stereocenters. The van der Waals surface area contributed by atoms with E-state index in [9.17, 15) is 4.79 Å². The fraction of sp³-hybridized carbons (Fsp3) is 0.400. The van der Waals surface area contributed by atoms with Crippen molar-refractivity contribution in [3.8, 4) is 11.1 Å². The molecule has 1 aromatic heterocycles. The first kappa shape index (κ1) is 18.9. The first-order chi connectivity index (χ1) is 10.8. The lowest BCUT2D eigenvalue weighted by Crippen LogP contribution is -2.24. The summed E-state index contributed by atoms with van der Waals surface area (Å²) in [6.45, 7) is 11.8. The molecule has 3 heteroatoms. The van der Waals surface area contributed by atoms with Crippen LogP contribution in [-0.2, 0) is 4.74 Å². The van der Waals surface area contributed by atoms with Crippen LogP contribution in [0.5, 0.6) is 0 Å². The number of hydrogen-bond acceptors (Lipinski definition) is 3. The number of aromatic nitrogens is 1. The lowest BCUT2D eigenvalue weighted by molar-refractivity contribution is 0.00629. The van der Waals surface area contributed by atoms with Crippen molar-refractivity contribution in [2.45, 2.75) is 53.6 Å². The Kier molecular flexibility index (Phi) is 6.95. The van der Waals surface area contributed by atoms with Gasteiger partial charge in [-0.05, 0) is 51.0 Å². The molecule has 2 aromatic rings. The van der Waals surface area contributed by atoms with Gasteiger partial charge in [-0.2, -0.15) is 0 Å². The van der Waals surface area contributed by atoms with Gasteiger partial charge in [0.05, 0.1) is 0 Å². The molecule has 23 heavy (non-hydrogen) atoms. The van der Waals surface area contributed by atoms with Gasteiger partial charge in [0.1, 0.15) is 11.3 Å². The minimum Gasteiger partial charge on any atom is -0.455 e. The summed E-state index contributed by atoms with van der Waals surface area (Å²) in [7, 11) is 0. The number of benzene rings is 1. The molecule has 0 aliphatic heterocycles. The lowest BCUT2D eigenvalue weighted by Gasteiger charge is -2.19. The third-order valence-electron chi connectivity index (χ3n) is 2.72. The van der Waals surface area contributed by atoms with E-state index in [0.717, 1.165) is 11.1 Å². The molecule has 0 saturated heterocycles. The van der Waals surface area contributed by atoms with Gasteiger partial charge in [0.2, 0.25) is 0 Å². The van der Waals surface area contributed by atoms with Crippen LogP contribution in [0.15, 0.2) is 42.6 Å². The van der Waals surface area contributed by atoms with Gasteiger partial charge < -0.3 is 4.74 Å². The molecular weight excluding hydrogens is 286 g/mol. The number of nitrogens with zero attached hydrogens (tertiary/aromatic N) is 1. The van der Waals surface area contributed by atoms with E-state index in [4.69, 9.17) is 4.74 Å². The molecule has 0 radical (unpaired) electrons. The summed E-state index contributed by atoms with van der Waals surface area (Å²) in [5.41, 5.74) is 3.02. The fourth-order valence-electron chi connectivity index (χ4n) is 1.88. The highest BCUT2D eigenvalue weighted by Gasteiger charge is 2.19.